The molecule has 22 heavy (non-hydrogen) atoms. The van der Waals surface area contributed by atoms with Gasteiger partial charge >= 0.3 is 0 Å². The van der Waals surface area contributed by atoms with Gasteiger partial charge in [0.05, 0.1) is 0 Å². The fraction of sp³-hybridized carbons (Fsp3) is 0.312. The van der Waals surface area contributed by atoms with Crippen LogP contribution in [0.25, 0.3) is 0 Å². The molecule has 0 spiro atoms. The van der Waals surface area contributed by atoms with E-state index < -0.39 is 0 Å². The molecule has 1 saturated carbocycles. The predicted octanol–water partition coefficient (Wildman–Crippen LogP) is 2.63. The van der Waals surface area contributed by atoms with Crippen LogP contribution < -0.4 is 5.32 Å². The first-order chi connectivity index (χ1) is 10.7. The Bertz CT molecular complexity index is 639. The Balaban J connectivity index is 1.66. The van der Waals surface area contributed by atoms with Gasteiger partial charge in [-0.15, -0.1) is 11.3 Å². The van der Waals surface area contributed by atoms with Crippen molar-refractivity contribution in [2.45, 2.75) is 12.8 Å². The summed E-state index contributed by atoms with van der Waals surface area (Å²) < 4.78 is 0. The van der Waals surface area contributed by atoms with E-state index in [1.165, 1.54) is 11.3 Å². The van der Waals surface area contributed by atoms with Crippen molar-refractivity contribution < 1.29 is 9.59 Å². The van der Waals surface area contributed by atoms with Gasteiger partial charge in [-0.3, -0.25) is 9.59 Å². The van der Waals surface area contributed by atoms with E-state index in [0.29, 0.717) is 23.2 Å². The first kappa shape index (κ1) is 14.7. The number of thiazole rings is 1. The van der Waals surface area contributed by atoms with Gasteiger partial charge in [0.25, 0.3) is 5.91 Å². The molecule has 1 aliphatic carbocycles. The maximum atomic E-state index is 12.6. The van der Waals surface area contributed by atoms with Gasteiger partial charge in [0.15, 0.2) is 5.13 Å². The summed E-state index contributed by atoms with van der Waals surface area (Å²) in [5.74, 6) is 0.224. The van der Waals surface area contributed by atoms with E-state index in [0.717, 1.165) is 12.8 Å². The summed E-state index contributed by atoms with van der Waals surface area (Å²) in [7, 11) is 0. The Morgan fingerprint density at radius 3 is 2.68 bits per heavy atom. The Hall–Kier alpha value is -2.21. The second-order valence-corrected chi connectivity index (χ2v) is 6.28. The number of nitrogens with zero attached hydrogens (tertiary/aromatic N) is 2. The van der Waals surface area contributed by atoms with Crippen molar-refractivity contribution in [1.82, 2.24) is 9.88 Å². The molecule has 5 nitrogen and oxygen atoms in total. The van der Waals surface area contributed by atoms with Crippen molar-refractivity contribution >= 4 is 28.3 Å². The quantitative estimate of drug-likeness (QED) is 0.891. The summed E-state index contributed by atoms with van der Waals surface area (Å²) in [5.41, 5.74) is 0.616. The van der Waals surface area contributed by atoms with Gasteiger partial charge in [0.2, 0.25) is 5.91 Å². The van der Waals surface area contributed by atoms with Crippen molar-refractivity contribution in [1.29, 1.82) is 0 Å². The van der Waals surface area contributed by atoms with Crippen LogP contribution >= 0.6 is 11.3 Å². The van der Waals surface area contributed by atoms with Gasteiger partial charge in [0, 0.05) is 23.7 Å². The van der Waals surface area contributed by atoms with Crippen molar-refractivity contribution in [2.24, 2.45) is 5.92 Å². The average Bonchev–Trinajstić information content (AvgIpc) is 3.21. The number of aromatic nitrogens is 1. The Kier molecular flexibility index (Phi) is 4.48. The number of hydrogen-bond acceptors (Lipinski definition) is 4. The zero-order valence-corrected chi connectivity index (χ0v) is 12.9. The van der Waals surface area contributed by atoms with Crippen LogP contribution in [-0.4, -0.2) is 34.8 Å². The fourth-order valence-corrected chi connectivity index (χ4v) is 2.76. The SMILES string of the molecule is O=C(CN(CC1CC1)C(=O)c1ccccc1)Nc1nccs1. The summed E-state index contributed by atoms with van der Waals surface area (Å²) in [6.45, 7) is 0.697. The molecule has 1 aliphatic rings. The number of carbonyl (C=O) groups is 2. The van der Waals surface area contributed by atoms with Crippen LogP contribution in [0.5, 0.6) is 0 Å². The van der Waals surface area contributed by atoms with Crippen LogP contribution in [-0.2, 0) is 4.79 Å². The van der Waals surface area contributed by atoms with Crippen LogP contribution in [0.15, 0.2) is 41.9 Å². The molecule has 0 bridgehead atoms. The fourth-order valence-electron chi connectivity index (χ4n) is 2.21. The van der Waals surface area contributed by atoms with E-state index in [1.54, 1.807) is 28.6 Å². The molecule has 0 radical (unpaired) electrons. The third kappa shape index (κ3) is 3.92. The Morgan fingerprint density at radius 1 is 1.27 bits per heavy atom. The van der Waals surface area contributed by atoms with E-state index in [4.69, 9.17) is 0 Å². The zero-order valence-electron chi connectivity index (χ0n) is 12.1. The largest absolute Gasteiger partial charge is 0.329 e. The summed E-state index contributed by atoms with van der Waals surface area (Å²) in [4.78, 5) is 30.4. The molecule has 1 aromatic carbocycles. The van der Waals surface area contributed by atoms with Gasteiger partial charge in [0.1, 0.15) is 6.54 Å². The second-order valence-electron chi connectivity index (χ2n) is 5.38. The molecule has 1 fully saturated rings. The third-order valence-corrected chi connectivity index (χ3v) is 4.19. The molecular weight excluding hydrogens is 298 g/mol. The van der Waals surface area contributed by atoms with Gasteiger partial charge in [-0.1, -0.05) is 18.2 Å². The van der Waals surface area contributed by atoms with Crippen LogP contribution in [0.1, 0.15) is 23.2 Å². The van der Waals surface area contributed by atoms with E-state index in [2.05, 4.69) is 10.3 Å². The van der Waals surface area contributed by atoms with Gasteiger partial charge in [-0.25, -0.2) is 4.98 Å². The molecule has 0 aliphatic heterocycles. The molecule has 0 unspecified atom stereocenters. The number of anilines is 1. The molecule has 0 saturated heterocycles. The molecule has 1 N–H and O–H groups in total. The highest BCUT2D eigenvalue weighted by molar-refractivity contribution is 7.13. The highest BCUT2D eigenvalue weighted by atomic mass is 32.1. The lowest BCUT2D eigenvalue weighted by Crippen LogP contribution is -2.39. The number of amides is 2. The maximum Gasteiger partial charge on any atom is 0.254 e. The molecule has 0 atom stereocenters. The van der Waals surface area contributed by atoms with E-state index in [9.17, 15) is 9.59 Å². The minimum Gasteiger partial charge on any atom is -0.329 e. The van der Waals surface area contributed by atoms with Gasteiger partial charge in [-0.2, -0.15) is 0 Å². The Labute approximate surface area is 133 Å². The molecule has 1 heterocycles. The lowest BCUT2D eigenvalue weighted by atomic mass is 10.2. The van der Waals surface area contributed by atoms with Crippen LogP contribution in [0.2, 0.25) is 0 Å². The van der Waals surface area contributed by atoms with E-state index >= 15 is 0 Å². The van der Waals surface area contributed by atoms with Crippen molar-refractivity contribution in [3.8, 4) is 0 Å². The summed E-state index contributed by atoms with van der Waals surface area (Å²) in [6.07, 6.45) is 3.90. The summed E-state index contributed by atoms with van der Waals surface area (Å²) >= 11 is 1.36. The van der Waals surface area contributed by atoms with Crippen molar-refractivity contribution in [3.05, 3.63) is 47.5 Å². The number of nitrogens with one attached hydrogen (secondary N) is 1. The number of benzene rings is 1. The monoisotopic (exact) mass is 315 g/mol. The zero-order chi connectivity index (χ0) is 15.4. The first-order valence-corrected chi connectivity index (χ1v) is 8.14. The standard InChI is InChI=1S/C16H17N3O2S/c20-14(18-16-17-8-9-22-16)11-19(10-12-6-7-12)15(21)13-4-2-1-3-5-13/h1-5,8-9,12H,6-7,10-11H2,(H,17,18,20). The third-order valence-electron chi connectivity index (χ3n) is 3.50. The normalized spacial score (nSPS) is 13.6. The average molecular weight is 315 g/mol. The minimum atomic E-state index is -0.208. The van der Waals surface area contributed by atoms with Gasteiger partial charge in [-0.05, 0) is 30.9 Å². The van der Waals surface area contributed by atoms with Crippen LogP contribution in [0, 0.1) is 5.92 Å². The van der Waals surface area contributed by atoms with Crippen LogP contribution in [0.3, 0.4) is 0 Å². The molecule has 6 heteroatoms. The van der Waals surface area contributed by atoms with E-state index in [1.807, 2.05) is 18.2 Å². The highest BCUT2D eigenvalue weighted by Crippen LogP contribution is 2.30. The number of carbonyl (C=O) groups excluding carboxylic acids is 2. The van der Waals surface area contributed by atoms with Crippen LogP contribution in [0.4, 0.5) is 5.13 Å². The van der Waals surface area contributed by atoms with Gasteiger partial charge < -0.3 is 10.2 Å². The molecular formula is C16H17N3O2S. The lowest BCUT2D eigenvalue weighted by Gasteiger charge is -2.22. The predicted molar refractivity (Wildman–Crippen MR) is 85.8 cm³/mol. The van der Waals surface area contributed by atoms with Crippen molar-refractivity contribution in [3.63, 3.8) is 0 Å². The minimum absolute atomic E-state index is 0.0593. The maximum absolute atomic E-state index is 12.6. The lowest BCUT2D eigenvalue weighted by molar-refractivity contribution is -0.116. The molecule has 2 aromatic rings. The summed E-state index contributed by atoms with van der Waals surface area (Å²) in [6, 6.07) is 9.09. The summed E-state index contributed by atoms with van der Waals surface area (Å²) in [5, 5.41) is 5.08. The molecule has 1 aromatic heterocycles. The topological polar surface area (TPSA) is 62.3 Å². The van der Waals surface area contributed by atoms with Crippen molar-refractivity contribution in [2.75, 3.05) is 18.4 Å². The Morgan fingerprint density at radius 2 is 2.05 bits per heavy atom. The molecule has 114 valence electrons. The second kappa shape index (κ2) is 6.70. The smallest absolute Gasteiger partial charge is 0.254 e. The molecule has 3 rings (SSSR count). The number of rotatable bonds is 6. The highest BCUT2D eigenvalue weighted by Gasteiger charge is 2.28. The van der Waals surface area contributed by atoms with E-state index in [-0.39, 0.29) is 18.4 Å². The number of hydrogen-bond donors (Lipinski definition) is 1. The first-order valence-electron chi connectivity index (χ1n) is 7.26. The molecule has 2 amide bonds.